The maximum atomic E-state index is 12.0. The minimum absolute atomic E-state index is 0.0300. The number of morpholine rings is 1. The lowest BCUT2D eigenvalue weighted by Crippen LogP contribution is -2.47. The second kappa shape index (κ2) is 4.71. The normalized spacial score (nSPS) is 31.2. The molecule has 3 rings (SSSR count). The highest BCUT2D eigenvalue weighted by Gasteiger charge is 2.38. The van der Waals surface area contributed by atoms with Gasteiger partial charge < -0.3 is 14.4 Å². The van der Waals surface area contributed by atoms with Gasteiger partial charge in [-0.3, -0.25) is 4.79 Å². The molecular weight excluding hydrogens is 230 g/mol. The largest absolute Gasteiger partial charge is 0.367 e. The number of benzene rings is 1. The number of rotatable bonds is 2. The summed E-state index contributed by atoms with van der Waals surface area (Å²) in [5.41, 5.74) is 1.12. The molecule has 2 aliphatic rings. The molecule has 18 heavy (non-hydrogen) atoms. The third kappa shape index (κ3) is 2.40. The summed E-state index contributed by atoms with van der Waals surface area (Å²) in [5.74, 6) is 0.103. The van der Waals surface area contributed by atoms with Gasteiger partial charge in [0.25, 0.3) is 5.91 Å². The summed E-state index contributed by atoms with van der Waals surface area (Å²) < 4.78 is 11.0. The molecule has 0 saturated carbocycles. The molecule has 0 N–H and O–H groups in total. The number of hydrogen-bond acceptors (Lipinski definition) is 3. The van der Waals surface area contributed by atoms with Crippen LogP contribution in [-0.2, 0) is 14.3 Å². The van der Waals surface area contributed by atoms with Gasteiger partial charge in [-0.1, -0.05) is 30.3 Å². The fourth-order valence-electron chi connectivity index (χ4n) is 2.38. The van der Waals surface area contributed by atoms with Gasteiger partial charge in [0.15, 0.2) is 6.10 Å². The average Bonchev–Trinajstić information content (AvgIpc) is 3.22. The predicted octanol–water partition coefficient (Wildman–Crippen LogP) is 1.37. The molecule has 0 spiro atoms. The maximum absolute atomic E-state index is 12.0. The molecule has 0 bridgehead atoms. The molecule has 2 saturated heterocycles. The van der Waals surface area contributed by atoms with Crippen LogP contribution in [0, 0.1) is 0 Å². The Bertz CT molecular complexity index is 430. The van der Waals surface area contributed by atoms with Crippen LogP contribution in [0.15, 0.2) is 30.3 Å². The van der Waals surface area contributed by atoms with Crippen molar-refractivity contribution in [1.29, 1.82) is 0 Å². The zero-order valence-electron chi connectivity index (χ0n) is 10.4. The predicted molar refractivity (Wildman–Crippen MR) is 66.1 cm³/mol. The van der Waals surface area contributed by atoms with Crippen LogP contribution in [0.2, 0.25) is 0 Å². The molecule has 3 unspecified atom stereocenters. The van der Waals surface area contributed by atoms with Gasteiger partial charge in [0.1, 0.15) is 6.10 Å². The standard InChI is InChI=1S/C14H17NO3/c1-10-7-15(14(16)13-9-17-13)8-12(18-10)11-5-3-2-4-6-11/h2-6,10,12-13H,7-9H2,1H3. The molecular formula is C14H17NO3. The van der Waals surface area contributed by atoms with Crippen molar-refractivity contribution in [2.24, 2.45) is 0 Å². The monoisotopic (exact) mass is 247 g/mol. The summed E-state index contributed by atoms with van der Waals surface area (Å²) in [6.45, 7) is 3.85. The Kier molecular flexibility index (Phi) is 3.06. The minimum atomic E-state index is -0.202. The fraction of sp³-hybridized carbons (Fsp3) is 0.500. The second-order valence-corrected chi connectivity index (χ2v) is 4.91. The van der Waals surface area contributed by atoms with Crippen LogP contribution in [-0.4, -0.2) is 42.7 Å². The summed E-state index contributed by atoms with van der Waals surface area (Å²) in [6, 6.07) is 10.1. The van der Waals surface area contributed by atoms with E-state index in [1.807, 2.05) is 42.2 Å². The summed E-state index contributed by atoms with van der Waals surface area (Å²) in [7, 11) is 0. The van der Waals surface area contributed by atoms with Gasteiger partial charge in [-0.25, -0.2) is 0 Å². The van der Waals surface area contributed by atoms with E-state index in [4.69, 9.17) is 9.47 Å². The van der Waals surface area contributed by atoms with E-state index >= 15 is 0 Å². The first kappa shape index (κ1) is 11.7. The molecule has 0 aliphatic carbocycles. The van der Waals surface area contributed by atoms with Crippen molar-refractivity contribution in [3.63, 3.8) is 0 Å². The van der Waals surface area contributed by atoms with Crippen molar-refractivity contribution in [2.45, 2.75) is 25.2 Å². The van der Waals surface area contributed by atoms with Crippen molar-refractivity contribution < 1.29 is 14.3 Å². The first-order valence-corrected chi connectivity index (χ1v) is 6.35. The van der Waals surface area contributed by atoms with Crippen LogP contribution < -0.4 is 0 Å². The quantitative estimate of drug-likeness (QED) is 0.741. The third-order valence-corrected chi connectivity index (χ3v) is 3.35. The minimum Gasteiger partial charge on any atom is -0.367 e. The lowest BCUT2D eigenvalue weighted by atomic mass is 10.1. The highest BCUT2D eigenvalue weighted by molar-refractivity contribution is 5.83. The molecule has 1 amide bonds. The van der Waals surface area contributed by atoms with E-state index in [9.17, 15) is 4.79 Å². The highest BCUT2D eigenvalue weighted by Crippen LogP contribution is 2.26. The number of ether oxygens (including phenoxy) is 2. The Morgan fingerprint density at radius 1 is 1.28 bits per heavy atom. The molecule has 0 aromatic heterocycles. The van der Waals surface area contributed by atoms with Crippen molar-refractivity contribution >= 4 is 5.91 Å². The summed E-state index contributed by atoms with van der Waals surface area (Å²) >= 11 is 0. The third-order valence-electron chi connectivity index (χ3n) is 3.35. The Balaban J connectivity index is 1.74. The number of epoxide rings is 1. The van der Waals surface area contributed by atoms with Gasteiger partial charge in [-0.05, 0) is 12.5 Å². The smallest absolute Gasteiger partial charge is 0.254 e. The Morgan fingerprint density at radius 3 is 2.67 bits per heavy atom. The van der Waals surface area contributed by atoms with E-state index < -0.39 is 0 Å². The number of amides is 1. The van der Waals surface area contributed by atoms with E-state index in [0.717, 1.165) is 5.56 Å². The summed E-state index contributed by atoms with van der Waals surface area (Å²) in [4.78, 5) is 13.9. The van der Waals surface area contributed by atoms with Crippen molar-refractivity contribution in [2.75, 3.05) is 19.7 Å². The zero-order valence-corrected chi connectivity index (χ0v) is 10.4. The first-order valence-electron chi connectivity index (χ1n) is 6.35. The number of nitrogens with zero attached hydrogens (tertiary/aromatic N) is 1. The van der Waals surface area contributed by atoms with Crippen LogP contribution in [0.4, 0.5) is 0 Å². The number of hydrogen-bond donors (Lipinski definition) is 0. The van der Waals surface area contributed by atoms with Gasteiger partial charge in [-0.2, -0.15) is 0 Å². The van der Waals surface area contributed by atoms with Gasteiger partial charge >= 0.3 is 0 Å². The Morgan fingerprint density at radius 2 is 2.00 bits per heavy atom. The summed E-state index contributed by atoms with van der Waals surface area (Å²) in [5, 5.41) is 0. The molecule has 1 aromatic carbocycles. The van der Waals surface area contributed by atoms with Crippen LogP contribution >= 0.6 is 0 Å². The van der Waals surface area contributed by atoms with E-state index in [-0.39, 0.29) is 24.2 Å². The van der Waals surface area contributed by atoms with E-state index in [1.165, 1.54) is 0 Å². The van der Waals surface area contributed by atoms with E-state index in [0.29, 0.717) is 19.7 Å². The molecule has 2 aliphatic heterocycles. The summed E-state index contributed by atoms with van der Waals surface area (Å²) in [6.07, 6.45) is -0.170. The average molecular weight is 247 g/mol. The molecule has 96 valence electrons. The van der Waals surface area contributed by atoms with Gasteiger partial charge in [-0.15, -0.1) is 0 Å². The van der Waals surface area contributed by atoms with Crippen molar-refractivity contribution in [3.05, 3.63) is 35.9 Å². The van der Waals surface area contributed by atoms with Crippen LogP contribution in [0.25, 0.3) is 0 Å². The van der Waals surface area contributed by atoms with Crippen LogP contribution in [0.1, 0.15) is 18.6 Å². The van der Waals surface area contributed by atoms with Crippen molar-refractivity contribution in [1.82, 2.24) is 4.90 Å². The molecule has 2 fully saturated rings. The maximum Gasteiger partial charge on any atom is 0.254 e. The fourth-order valence-corrected chi connectivity index (χ4v) is 2.38. The molecule has 1 aromatic rings. The van der Waals surface area contributed by atoms with Crippen LogP contribution in [0.5, 0.6) is 0 Å². The Hall–Kier alpha value is -1.39. The number of carbonyl (C=O) groups is 1. The zero-order chi connectivity index (χ0) is 12.5. The van der Waals surface area contributed by atoms with Gasteiger partial charge in [0.2, 0.25) is 0 Å². The lowest BCUT2D eigenvalue weighted by Gasteiger charge is -2.36. The highest BCUT2D eigenvalue weighted by atomic mass is 16.6. The topological polar surface area (TPSA) is 42.1 Å². The molecule has 2 heterocycles. The SMILES string of the molecule is CC1CN(C(=O)C2CO2)CC(c2ccccc2)O1. The molecule has 4 nitrogen and oxygen atoms in total. The van der Waals surface area contributed by atoms with E-state index in [2.05, 4.69) is 0 Å². The Labute approximate surface area is 106 Å². The number of carbonyl (C=O) groups excluding carboxylic acids is 1. The van der Waals surface area contributed by atoms with Crippen molar-refractivity contribution in [3.8, 4) is 0 Å². The van der Waals surface area contributed by atoms with Gasteiger partial charge in [0, 0.05) is 6.54 Å². The molecule has 4 heteroatoms. The molecule has 0 radical (unpaired) electrons. The van der Waals surface area contributed by atoms with E-state index in [1.54, 1.807) is 0 Å². The lowest BCUT2D eigenvalue weighted by molar-refractivity contribution is -0.146. The van der Waals surface area contributed by atoms with Crippen LogP contribution in [0.3, 0.4) is 0 Å². The molecule has 3 atom stereocenters. The first-order chi connectivity index (χ1) is 8.74. The van der Waals surface area contributed by atoms with Gasteiger partial charge in [0.05, 0.1) is 19.3 Å². The second-order valence-electron chi connectivity index (χ2n) is 4.91.